The van der Waals surface area contributed by atoms with Crippen LogP contribution in [0.25, 0.3) is 0 Å². The molecule has 3 heterocycles. The molecule has 4 rings (SSSR count). The maximum Gasteiger partial charge on any atom is 0.149 e. The zero-order valence-corrected chi connectivity index (χ0v) is 14.1. The number of likely N-dealkylation sites (tertiary alicyclic amines) is 1. The first kappa shape index (κ1) is 15.3. The Balaban J connectivity index is 1.45. The van der Waals surface area contributed by atoms with Gasteiger partial charge in [-0.1, -0.05) is 41.9 Å². The van der Waals surface area contributed by atoms with Gasteiger partial charge in [-0.15, -0.1) is 0 Å². The predicted molar refractivity (Wildman–Crippen MR) is 92.8 cm³/mol. The molecule has 2 aliphatic heterocycles. The van der Waals surface area contributed by atoms with Crippen LogP contribution in [0, 0.1) is 12.8 Å². The fourth-order valence-corrected chi connectivity index (χ4v) is 3.52. The van der Waals surface area contributed by atoms with Gasteiger partial charge in [0.25, 0.3) is 0 Å². The molecule has 0 aliphatic carbocycles. The molecule has 2 atom stereocenters. The van der Waals surface area contributed by atoms with Crippen LogP contribution in [0.2, 0.25) is 0 Å². The molecule has 0 unspecified atom stereocenters. The number of benzene rings is 1. The fraction of sp³-hybridized carbons (Fsp3) is 0.421. The van der Waals surface area contributed by atoms with Gasteiger partial charge in [-0.2, -0.15) is 0 Å². The van der Waals surface area contributed by atoms with Gasteiger partial charge in [0.2, 0.25) is 0 Å². The van der Waals surface area contributed by atoms with Crippen molar-refractivity contribution in [2.75, 3.05) is 13.1 Å². The lowest BCUT2D eigenvalue weighted by atomic mass is 9.94. The van der Waals surface area contributed by atoms with Crippen LogP contribution < -0.4 is 0 Å². The topological polar surface area (TPSA) is 50.6 Å². The molecular formula is C19H22N4O. The van der Waals surface area contributed by atoms with Crippen molar-refractivity contribution in [1.29, 1.82) is 0 Å². The molecule has 1 aromatic heterocycles. The lowest BCUT2D eigenvalue weighted by molar-refractivity contribution is 0.0745. The second kappa shape index (κ2) is 6.32. The van der Waals surface area contributed by atoms with Crippen LogP contribution in [0.15, 0.2) is 41.8 Å². The highest BCUT2D eigenvalue weighted by Gasteiger charge is 2.42. The summed E-state index contributed by atoms with van der Waals surface area (Å²) >= 11 is 0. The van der Waals surface area contributed by atoms with Gasteiger partial charge in [0.05, 0.1) is 11.6 Å². The van der Waals surface area contributed by atoms with E-state index in [0.717, 1.165) is 43.2 Å². The number of nitrogens with zero attached hydrogens (tertiary/aromatic N) is 4. The SMILES string of the molecule is CCc1ncc(CN2C[C@H]3ON=C(c4cccc(C)c4)[C@@H]3C2)cn1. The molecule has 0 saturated carbocycles. The first-order valence-electron chi connectivity index (χ1n) is 8.56. The largest absolute Gasteiger partial charge is 0.390 e. The molecule has 1 saturated heterocycles. The highest BCUT2D eigenvalue weighted by atomic mass is 16.6. The van der Waals surface area contributed by atoms with Gasteiger partial charge in [0.15, 0.2) is 0 Å². The summed E-state index contributed by atoms with van der Waals surface area (Å²) in [5.41, 5.74) is 4.67. The van der Waals surface area contributed by atoms with Crippen LogP contribution in [0.5, 0.6) is 0 Å². The van der Waals surface area contributed by atoms with Crippen LogP contribution in [0.4, 0.5) is 0 Å². The zero-order chi connectivity index (χ0) is 16.5. The third-order valence-corrected chi connectivity index (χ3v) is 4.77. The molecule has 2 aromatic rings. The van der Waals surface area contributed by atoms with Crippen molar-refractivity contribution in [1.82, 2.24) is 14.9 Å². The van der Waals surface area contributed by atoms with Crippen molar-refractivity contribution in [2.45, 2.75) is 32.9 Å². The average molecular weight is 322 g/mol. The van der Waals surface area contributed by atoms with Crippen molar-refractivity contribution in [3.63, 3.8) is 0 Å². The molecule has 2 aliphatic rings. The van der Waals surface area contributed by atoms with E-state index in [9.17, 15) is 0 Å². The highest BCUT2D eigenvalue weighted by molar-refractivity contribution is 6.03. The quantitative estimate of drug-likeness (QED) is 0.868. The van der Waals surface area contributed by atoms with E-state index in [1.54, 1.807) is 0 Å². The second-order valence-corrected chi connectivity index (χ2v) is 6.65. The normalized spacial score (nSPS) is 23.0. The van der Waals surface area contributed by atoms with Crippen molar-refractivity contribution in [3.05, 3.63) is 59.2 Å². The van der Waals surface area contributed by atoms with Gasteiger partial charge < -0.3 is 4.84 Å². The summed E-state index contributed by atoms with van der Waals surface area (Å²) in [5.74, 6) is 1.25. The van der Waals surface area contributed by atoms with E-state index in [1.807, 2.05) is 12.4 Å². The summed E-state index contributed by atoms with van der Waals surface area (Å²) in [5, 5.41) is 4.36. The first-order valence-corrected chi connectivity index (χ1v) is 8.56. The molecule has 0 radical (unpaired) electrons. The summed E-state index contributed by atoms with van der Waals surface area (Å²) in [6.45, 7) is 6.91. The van der Waals surface area contributed by atoms with Gasteiger partial charge in [-0.3, -0.25) is 4.90 Å². The first-order chi connectivity index (χ1) is 11.7. The minimum absolute atomic E-state index is 0.163. The molecule has 5 nitrogen and oxygen atoms in total. The third-order valence-electron chi connectivity index (χ3n) is 4.77. The summed E-state index contributed by atoms with van der Waals surface area (Å²) in [4.78, 5) is 16.9. The fourth-order valence-electron chi connectivity index (χ4n) is 3.52. The Morgan fingerprint density at radius 3 is 2.79 bits per heavy atom. The number of aromatic nitrogens is 2. The minimum Gasteiger partial charge on any atom is -0.390 e. The second-order valence-electron chi connectivity index (χ2n) is 6.65. The smallest absolute Gasteiger partial charge is 0.149 e. The summed E-state index contributed by atoms with van der Waals surface area (Å²) in [6, 6.07) is 8.50. The number of hydrogen-bond acceptors (Lipinski definition) is 5. The molecule has 0 bridgehead atoms. The molecule has 124 valence electrons. The lowest BCUT2D eigenvalue weighted by Crippen LogP contribution is -2.23. The van der Waals surface area contributed by atoms with Crippen LogP contribution in [-0.2, 0) is 17.8 Å². The van der Waals surface area contributed by atoms with Crippen LogP contribution >= 0.6 is 0 Å². The van der Waals surface area contributed by atoms with Crippen molar-refractivity contribution >= 4 is 5.71 Å². The number of fused-ring (bicyclic) bond motifs is 1. The maximum atomic E-state index is 5.70. The molecule has 1 aromatic carbocycles. The Morgan fingerprint density at radius 1 is 1.21 bits per heavy atom. The van der Waals surface area contributed by atoms with Crippen LogP contribution in [0.3, 0.4) is 0 Å². The molecule has 1 fully saturated rings. The third kappa shape index (κ3) is 2.91. The monoisotopic (exact) mass is 322 g/mol. The van der Waals surface area contributed by atoms with Gasteiger partial charge in [-0.05, 0) is 6.92 Å². The van der Waals surface area contributed by atoms with Crippen LogP contribution in [0.1, 0.15) is 29.4 Å². The van der Waals surface area contributed by atoms with E-state index >= 15 is 0 Å². The molecule has 24 heavy (non-hydrogen) atoms. The summed E-state index contributed by atoms with van der Waals surface area (Å²) in [6.07, 6.45) is 4.92. The Hall–Kier alpha value is -2.27. The lowest BCUT2D eigenvalue weighted by Gasteiger charge is -2.16. The predicted octanol–water partition coefficient (Wildman–Crippen LogP) is 2.58. The number of rotatable bonds is 4. The zero-order valence-electron chi connectivity index (χ0n) is 14.1. The van der Waals surface area contributed by atoms with Gasteiger partial charge in [0, 0.05) is 49.6 Å². The molecule has 0 spiro atoms. The standard InChI is InChI=1S/C19H22N4O/c1-3-18-20-8-14(9-21-18)10-23-11-16-17(12-23)24-22-19(16)15-6-4-5-13(2)7-15/h4-9,16-17H,3,10-12H2,1-2H3/t16-,17-/m1/s1. The van der Waals surface area contributed by atoms with Gasteiger partial charge in [-0.25, -0.2) is 9.97 Å². The van der Waals surface area contributed by atoms with E-state index in [2.05, 4.69) is 58.1 Å². The van der Waals surface area contributed by atoms with Gasteiger partial charge in [0.1, 0.15) is 11.9 Å². The molecule has 0 N–H and O–H groups in total. The van der Waals surface area contributed by atoms with E-state index in [-0.39, 0.29) is 6.10 Å². The maximum absolute atomic E-state index is 5.70. The number of aryl methyl sites for hydroxylation is 2. The van der Waals surface area contributed by atoms with Gasteiger partial charge >= 0.3 is 0 Å². The molecule has 0 amide bonds. The molecular weight excluding hydrogens is 300 g/mol. The number of hydrogen-bond donors (Lipinski definition) is 0. The van der Waals surface area contributed by atoms with Crippen molar-refractivity contribution in [2.24, 2.45) is 11.1 Å². The van der Waals surface area contributed by atoms with Crippen LogP contribution in [-0.4, -0.2) is 39.8 Å². The Morgan fingerprint density at radius 2 is 2.04 bits per heavy atom. The van der Waals surface area contributed by atoms with E-state index in [1.165, 1.54) is 11.1 Å². The number of oxime groups is 1. The van der Waals surface area contributed by atoms with Crippen molar-refractivity contribution in [3.8, 4) is 0 Å². The Bertz CT molecular complexity index is 756. The average Bonchev–Trinajstić information content (AvgIpc) is 3.15. The minimum atomic E-state index is 0.163. The van der Waals surface area contributed by atoms with E-state index in [0.29, 0.717) is 5.92 Å². The Kier molecular flexibility index (Phi) is 4.02. The summed E-state index contributed by atoms with van der Waals surface area (Å²) in [7, 11) is 0. The molecule has 5 heteroatoms. The van der Waals surface area contributed by atoms with Crippen molar-refractivity contribution < 1.29 is 4.84 Å². The highest BCUT2D eigenvalue weighted by Crippen LogP contribution is 2.31. The van der Waals surface area contributed by atoms with E-state index < -0.39 is 0 Å². The Labute approximate surface area is 142 Å². The summed E-state index contributed by atoms with van der Waals surface area (Å²) < 4.78 is 0. The van der Waals surface area contributed by atoms with E-state index in [4.69, 9.17) is 4.84 Å².